The van der Waals surface area contributed by atoms with Crippen molar-refractivity contribution in [2.75, 3.05) is 14.2 Å². The zero-order valence-corrected chi connectivity index (χ0v) is 34.0. The van der Waals surface area contributed by atoms with E-state index in [0.717, 1.165) is 40.4 Å². The summed E-state index contributed by atoms with van der Waals surface area (Å²) in [4.78, 5) is 9.23. The summed E-state index contributed by atoms with van der Waals surface area (Å²) in [6, 6.07) is -2.65. The Labute approximate surface area is 341 Å². The Hall–Kier alpha value is -2.07. The first-order valence-corrected chi connectivity index (χ1v) is 21.9. The normalized spacial score (nSPS) is 16.2. The largest absolute Gasteiger partial charge is 0.460 e. The predicted octanol–water partition coefficient (Wildman–Crippen LogP) is 13.4. The molecule has 65 heavy (non-hydrogen) atoms. The Bertz CT molecular complexity index is 1540. The highest BCUT2D eigenvalue weighted by Crippen LogP contribution is 2.66. The highest BCUT2D eigenvalue weighted by Gasteiger charge is 2.97. The molecule has 0 atom stereocenters. The quantitative estimate of drug-likeness (QED) is 0.100. The molecule has 0 aliphatic heterocycles. The molecule has 0 aliphatic rings. The fraction of sp³-hybridized carbons (Fsp3) is 1.00. The van der Waals surface area contributed by atoms with Crippen LogP contribution in [0.25, 0.3) is 0 Å². The first-order chi connectivity index (χ1) is 27.5. The number of aliphatic hydroxyl groups excluding tert-OH is 1. The number of hydrogen-bond acceptors (Lipinski definition) is 3. The third-order valence-electron chi connectivity index (χ3n) is 8.22. The minimum Gasteiger partial charge on any atom is -0.432 e. The van der Waals surface area contributed by atoms with E-state index in [4.69, 9.17) is 5.11 Å². The highest BCUT2D eigenvalue weighted by molar-refractivity contribution is 6.71. The van der Waals surface area contributed by atoms with Gasteiger partial charge in [0, 0.05) is 27.1 Å². The number of aliphatic hydroxyl groups is 1. The van der Waals surface area contributed by atoms with Crippen LogP contribution in [0.2, 0.25) is 38.3 Å². The van der Waals surface area contributed by atoms with E-state index >= 15 is 0 Å². The van der Waals surface area contributed by atoms with Gasteiger partial charge in [0.2, 0.25) is 0 Å². The second-order valence-corrected chi connectivity index (χ2v) is 22.6. The number of alkyl halides is 34. The first kappa shape index (κ1) is 67.2. The maximum atomic E-state index is 13.6. The van der Waals surface area contributed by atoms with Gasteiger partial charge >= 0.3 is 95.3 Å². The van der Waals surface area contributed by atoms with E-state index in [1.54, 1.807) is 0 Å². The van der Waals surface area contributed by atoms with Crippen molar-refractivity contribution < 1.29 is 164 Å². The molecule has 0 aromatic carbocycles. The molecule has 39 heteroatoms. The molecule has 396 valence electrons. The van der Waals surface area contributed by atoms with Crippen molar-refractivity contribution in [3.8, 4) is 0 Å². The molecule has 0 saturated carbocycles. The summed E-state index contributed by atoms with van der Waals surface area (Å²) in [6.07, 6.45) is -20.6. The van der Waals surface area contributed by atoms with Gasteiger partial charge in [-0.25, -0.2) is 0 Å². The molecular formula is C26H28F34O3Si2. The number of halogens is 34. The third-order valence-corrected chi connectivity index (χ3v) is 12.3. The van der Waals surface area contributed by atoms with Crippen LogP contribution < -0.4 is 0 Å². The van der Waals surface area contributed by atoms with Gasteiger partial charge in [-0.05, 0) is 38.3 Å². The smallest absolute Gasteiger partial charge is 0.432 e. The summed E-state index contributed by atoms with van der Waals surface area (Å²) < 4.78 is 448. The fourth-order valence-electron chi connectivity index (χ4n) is 3.73. The Kier molecular flexibility index (Phi) is 19.3. The van der Waals surface area contributed by atoms with Crippen molar-refractivity contribution >= 4 is 16.6 Å². The van der Waals surface area contributed by atoms with Crippen molar-refractivity contribution in [1.29, 1.82) is 0 Å². The molecule has 3 nitrogen and oxygen atoms in total. The van der Waals surface area contributed by atoms with Crippen LogP contribution in [-0.2, 0) is 4.43 Å². The molecule has 0 aromatic heterocycles. The van der Waals surface area contributed by atoms with Crippen LogP contribution in [0.4, 0.5) is 149 Å². The second kappa shape index (κ2) is 18.7. The predicted molar refractivity (Wildman–Crippen MR) is 153 cm³/mol. The average Bonchev–Trinajstić information content (AvgIpc) is 3.08. The van der Waals surface area contributed by atoms with Gasteiger partial charge in [-0.1, -0.05) is 0 Å². The molecular weight excluding hydrogens is 1060 g/mol. The molecule has 0 spiro atoms. The van der Waals surface area contributed by atoms with Crippen molar-refractivity contribution in [2.24, 2.45) is 0 Å². The third kappa shape index (κ3) is 11.2. The zero-order valence-electron chi connectivity index (χ0n) is 32.0. The molecule has 0 aliphatic carbocycles. The van der Waals surface area contributed by atoms with Gasteiger partial charge < -0.3 is 14.3 Å². The van der Waals surface area contributed by atoms with Crippen LogP contribution in [-0.4, -0.2) is 136 Å². The average molecular weight is 1090 g/mol. The molecule has 2 N–H and O–H groups in total. The van der Waals surface area contributed by atoms with Gasteiger partial charge in [-0.3, -0.25) is 0 Å². The number of hydrogen-bond donors (Lipinski definition) is 2. The van der Waals surface area contributed by atoms with Crippen LogP contribution in [0, 0.1) is 0 Å². The topological polar surface area (TPSA) is 49.7 Å². The minimum absolute atomic E-state index is 0.752. The van der Waals surface area contributed by atoms with Crippen molar-refractivity contribution in [3.63, 3.8) is 0 Å². The summed E-state index contributed by atoms with van der Waals surface area (Å²) in [6.45, 7) is 3.56. The zero-order chi connectivity index (χ0) is 54.5. The SMILES string of the molecule is CO.CO[Si](C)(C)CCC(F)(F)C(F)(F)C(F)(F)C(F)(F)C(F)(F)C(F)(F)C(F)(F)C(F)(F)F.C[Si](C)(O)CCC(F)(F)C(F)(F)C(F)(F)C(F)(F)C(F)(F)C(F)(F)C(F)(F)C(F)(F)F. The maximum Gasteiger partial charge on any atom is 0.460 e. The summed E-state index contributed by atoms with van der Waals surface area (Å²) in [7, 11) is -5.27. The first-order valence-electron chi connectivity index (χ1n) is 15.6. The van der Waals surface area contributed by atoms with Gasteiger partial charge in [0.1, 0.15) is 0 Å². The molecule has 0 heterocycles. The monoisotopic (exact) mass is 1090 g/mol. The molecule has 0 unspecified atom stereocenters. The van der Waals surface area contributed by atoms with E-state index in [1.165, 1.54) is 0 Å². The summed E-state index contributed by atoms with van der Waals surface area (Å²) >= 11 is 0. The second-order valence-electron chi connectivity index (χ2n) is 14.1. The Morgan fingerprint density at radius 3 is 0.646 bits per heavy atom. The summed E-state index contributed by atoms with van der Waals surface area (Å²) in [5.41, 5.74) is 0. The van der Waals surface area contributed by atoms with Gasteiger partial charge in [0.05, 0.1) is 0 Å². The fourth-order valence-corrected chi connectivity index (χ4v) is 5.78. The van der Waals surface area contributed by atoms with Crippen molar-refractivity contribution in [2.45, 2.75) is 146 Å². The van der Waals surface area contributed by atoms with Gasteiger partial charge in [-0.2, -0.15) is 149 Å². The van der Waals surface area contributed by atoms with E-state index in [1.807, 2.05) is 0 Å². The molecule has 0 radical (unpaired) electrons. The standard InChI is InChI=1S/C13H13F17OSi.C12H11F17OSi.CH4O/c1-31-32(2,3)5-4-6(14,15)7(16,17)8(18,19)9(20,21)10(22,23)11(24,25)12(26,27)13(28,29)30;1-31(2,30)4-3-5(13,14)6(15,16)7(17,18)8(19,20)9(21,22)10(23,24)11(25,26)12(27,28)29;1-2/h4-5H2,1-3H3;30H,3-4H2,1-2H3;2H,1H3. The lowest BCUT2D eigenvalue weighted by Gasteiger charge is -2.43. The van der Waals surface area contributed by atoms with Crippen LogP contribution >= 0.6 is 0 Å². The lowest BCUT2D eigenvalue weighted by molar-refractivity contribution is -0.461. The summed E-state index contributed by atoms with van der Waals surface area (Å²) in [5.74, 6) is -112. The van der Waals surface area contributed by atoms with E-state index in [-0.39, 0.29) is 0 Å². The molecule has 0 rings (SSSR count). The lowest BCUT2D eigenvalue weighted by atomic mass is 9.88. The highest BCUT2D eigenvalue weighted by atomic mass is 28.4. The maximum absolute atomic E-state index is 13.6. The Balaban J connectivity index is -0.00000114. The summed E-state index contributed by atoms with van der Waals surface area (Å²) in [5, 5.41) is 7.00. The van der Waals surface area contributed by atoms with Crippen molar-refractivity contribution in [3.05, 3.63) is 0 Å². The molecule has 0 aromatic rings. The van der Waals surface area contributed by atoms with Crippen LogP contribution in [0.1, 0.15) is 12.8 Å². The minimum atomic E-state index is -8.62. The lowest BCUT2D eigenvalue weighted by Crippen LogP contribution is -2.74. The Morgan fingerprint density at radius 1 is 0.308 bits per heavy atom. The molecule has 0 fully saturated rings. The van der Waals surface area contributed by atoms with Crippen molar-refractivity contribution in [1.82, 2.24) is 0 Å². The molecule has 0 bridgehead atoms. The molecule has 0 amide bonds. The van der Waals surface area contributed by atoms with Crippen LogP contribution in [0.15, 0.2) is 0 Å². The molecule has 0 saturated heterocycles. The van der Waals surface area contributed by atoms with Gasteiger partial charge in [-0.15, -0.1) is 0 Å². The van der Waals surface area contributed by atoms with E-state index in [9.17, 15) is 154 Å². The Morgan fingerprint density at radius 2 is 0.477 bits per heavy atom. The van der Waals surface area contributed by atoms with Crippen LogP contribution in [0.5, 0.6) is 0 Å². The van der Waals surface area contributed by atoms with Gasteiger partial charge in [0.25, 0.3) is 0 Å². The van der Waals surface area contributed by atoms with E-state index in [0.29, 0.717) is 0 Å². The van der Waals surface area contributed by atoms with E-state index in [2.05, 4.69) is 4.43 Å². The van der Waals surface area contributed by atoms with Gasteiger partial charge in [0.15, 0.2) is 16.6 Å². The van der Waals surface area contributed by atoms with E-state index < -0.39 is 137 Å². The van der Waals surface area contributed by atoms with Crippen LogP contribution in [0.3, 0.4) is 0 Å². The number of rotatable bonds is 19.